The number of nitrogens with zero attached hydrogens (tertiary/aromatic N) is 4. The minimum atomic E-state index is 0.338. The second-order valence-electron chi connectivity index (χ2n) is 8.56. The summed E-state index contributed by atoms with van der Waals surface area (Å²) in [5, 5.41) is 1.15. The molecule has 158 valence electrons. The van der Waals surface area contributed by atoms with Crippen molar-refractivity contribution in [2.45, 2.75) is 18.9 Å². The highest BCUT2D eigenvalue weighted by Crippen LogP contribution is 2.27. The second-order valence-corrected chi connectivity index (χ2v) is 8.56. The summed E-state index contributed by atoms with van der Waals surface area (Å²) in [6.45, 7) is 2.04. The van der Waals surface area contributed by atoms with Gasteiger partial charge in [-0.25, -0.2) is 9.97 Å². The molecule has 5 nitrogen and oxygen atoms in total. The van der Waals surface area contributed by atoms with Crippen LogP contribution in [0, 0.1) is 0 Å². The van der Waals surface area contributed by atoms with Gasteiger partial charge in [0.25, 0.3) is 0 Å². The molecule has 0 bridgehead atoms. The highest BCUT2D eigenvalue weighted by Gasteiger charge is 2.17. The van der Waals surface area contributed by atoms with E-state index in [2.05, 4.69) is 87.2 Å². The molecule has 2 aromatic heterocycles. The van der Waals surface area contributed by atoms with Crippen LogP contribution in [0.15, 0.2) is 85.2 Å². The molecule has 5 aromatic rings. The second kappa shape index (κ2) is 7.77. The van der Waals surface area contributed by atoms with Gasteiger partial charge in [0, 0.05) is 30.2 Å². The molecule has 1 fully saturated rings. The first-order valence-electron chi connectivity index (χ1n) is 11.2. The van der Waals surface area contributed by atoms with Crippen molar-refractivity contribution in [3.63, 3.8) is 0 Å². The van der Waals surface area contributed by atoms with E-state index in [0.717, 1.165) is 53.7 Å². The Labute approximate surface area is 187 Å². The van der Waals surface area contributed by atoms with Crippen LogP contribution >= 0.6 is 0 Å². The fourth-order valence-corrected chi connectivity index (χ4v) is 4.60. The first kappa shape index (κ1) is 19.0. The molecule has 1 aliphatic heterocycles. The summed E-state index contributed by atoms with van der Waals surface area (Å²) in [7, 11) is 0. The number of benzene rings is 3. The van der Waals surface area contributed by atoms with Gasteiger partial charge in [-0.05, 0) is 66.4 Å². The van der Waals surface area contributed by atoms with Gasteiger partial charge in [-0.15, -0.1) is 0 Å². The van der Waals surface area contributed by atoms with Gasteiger partial charge in [0.2, 0.25) is 0 Å². The summed E-state index contributed by atoms with van der Waals surface area (Å²) >= 11 is 0. The molecule has 1 saturated heterocycles. The zero-order valence-electron chi connectivity index (χ0n) is 17.9. The maximum Gasteiger partial charge on any atom is 0.139 e. The normalized spacial score (nSPS) is 15.0. The number of piperidine rings is 1. The topological polar surface area (TPSA) is 60.0 Å². The van der Waals surface area contributed by atoms with Gasteiger partial charge in [-0.1, -0.05) is 36.4 Å². The van der Waals surface area contributed by atoms with Gasteiger partial charge < -0.3 is 10.6 Å². The van der Waals surface area contributed by atoms with Gasteiger partial charge in [0.15, 0.2) is 0 Å². The van der Waals surface area contributed by atoms with Crippen molar-refractivity contribution >= 4 is 27.6 Å². The summed E-state index contributed by atoms with van der Waals surface area (Å²) in [4.78, 5) is 12.0. The molecule has 0 radical (unpaired) electrons. The maximum atomic E-state index is 6.06. The van der Waals surface area contributed by atoms with Crippen LogP contribution in [0.2, 0.25) is 0 Å². The lowest BCUT2D eigenvalue weighted by atomic mass is 10.0. The van der Waals surface area contributed by atoms with Crippen LogP contribution in [0.4, 0.5) is 5.69 Å². The van der Waals surface area contributed by atoms with Crippen LogP contribution in [0.25, 0.3) is 38.9 Å². The number of hydrogen-bond acceptors (Lipinski definition) is 4. The number of rotatable bonds is 3. The van der Waals surface area contributed by atoms with Crippen molar-refractivity contribution in [1.82, 2.24) is 14.5 Å². The monoisotopic (exact) mass is 419 g/mol. The molecule has 3 aromatic carbocycles. The molecule has 0 aliphatic carbocycles. The van der Waals surface area contributed by atoms with Gasteiger partial charge in [0.05, 0.1) is 16.6 Å². The molecule has 1 aliphatic rings. The van der Waals surface area contributed by atoms with Crippen molar-refractivity contribution in [3.8, 4) is 16.9 Å². The summed E-state index contributed by atoms with van der Waals surface area (Å²) in [6, 6.07) is 27.9. The molecule has 0 saturated carbocycles. The maximum absolute atomic E-state index is 6.06. The van der Waals surface area contributed by atoms with Crippen molar-refractivity contribution in [2.75, 3.05) is 18.0 Å². The average Bonchev–Trinajstić information content (AvgIpc) is 3.28. The lowest BCUT2D eigenvalue weighted by Crippen LogP contribution is -2.39. The quantitative estimate of drug-likeness (QED) is 0.438. The van der Waals surface area contributed by atoms with Gasteiger partial charge in [0.1, 0.15) is 12.1 Å². The number of anilines is 1. The zero-order valence-corrected chi connectivity index (χ0v) is 17.9. The Bertz CT molecular complexity index is 1400. The predicted octanol–water partition coefficient (Wildman–Crippen LogP) is 5.17. The number of fused-ring (bicyclic) bond motifs is 2. The molecule has 2 N–H and O–H groups in total. The van der Waals surface area contributed by atoms with E-state index >= 15 is 0 Å². The first-order chi connectivity index (χ1) is 15.7. The predicted molar refractivity (Wildman–Crippen MR) is 131 cm³/mol. The van der Waals surface area contributed by atoms with Crippen LogP contribution in [0.3, 0.4) is 0 Å². The molecule has 6 rings (SSSR count). The van der Waals surface area contributed by atoms with E-state index in [4.69, 9.17) is 10.7 Å². The van der Waals surface area contributed by atoms with E-state index in [1.807, 2.05) is 12.4 Å². The average molecular weight is 420 g/mol. The van der Waals surface area contributed by atoms with Crippen LogP contribution in [0.1, 0.15) is 12.8 Å². The SMILES string of the molecule is NC1CCN(c2ccc3nc(-n4cnc5cc(-c6ccccc6)ccc54)ccc3c2)CC1. The van der Waals surface area contributed by atoms with E-state index in [1.54, 1.807) is 0 Å². The first-order valence-corrected chi connectivity index (χ1v) is 11.2. The van der Waals surface area contributed by atoms with E-state index in [-0.39, 0.29) is 0 Å². The lowest BCUT2D eigenvalue weighted by molar-refractivity contribution is 0.501. The fraction of sp³-hybridized carbons (Fsp3) is 0.185. The van der Waals surface area contributed by atoms with Crippen LogP contribution in [0.5, 0.6) is 0 Å². The number of hydrogen-bond donors (Lipinski definition) is 1. The van der Waals surface area contributed by atoms with Crippen LogP contribution in [-0.4, -0.2) is 33.7 Å². The third-order valence-electron chi connectivity index (χ3n) is 6.46. The zero-order chi connectivity index (χ0) is 21.5. The third kappa shape index (κ3) is 3.41. The number of aromatic nitrogens is 3. The highest BCUT2D eigenvalue weighted by atomic mass is 15.1. The molecular formula is C27H25N5. The Morgan fingerprint density at radius 3 is 2.47 bits per heavy atom. The molecule has 0 unspecified atom stereocenters. The van der Waals surface area contributed by atoms with Crippen LogP contribution in [-0.2, 0) is 0 Å². The summed E-state index contributed by atoms with van der Waals surface area (Å²) in [5.41, 5.74) is 12.7. The van der Waals surface area contributed by atoms with E-state index < -0.39 is 0 Å². The fourth-order valence-electron chi connectivity index (χ4n) is 4.60. The molecule has 3 heterocycles. The Morgan fingerprint density at radius 1 is 0.781 bits per heavy atom. The lowest BCUT2D eigenvalue weighted by Gasteiger charge is -2.32. The van der Waals surface area contributed by atoms with E-state index in [1.165, 1.54) is 16.8 Å². The summed E-state index contributed by atoms with van der Waals surface area (Å²) < 4.78 is 2.06. The number of imidazole rings is 1. The van der Waals surface area contributed by atoms with Crippen molar-refractivity contribution in [1.29, 1.82) is 0 Å². The van der Waals surface area contributed by atoms with Crippen molar-refractivity contribution in [2.24, 2.45) is 5.73 Å². The molecule has 0 spiro atoms. The van der Waals surface area contributed by atoms with E-state index in [0.29, 0.717) is 6.04 Å². The Balaban J connectivity index is 1.33. The minimum absolute atomic E-state index is 0.338. The molecular weight excluding hydrogens is 394 g/mol. The Hall–Kier alpha value is -3.70. The van der Waals surface area contributed by atoms with Gasteiger partial charge in [-0.2, -0.15) is 0 Å². The molecule has 5 heteroatoms. The van der Waals surface area contributed by atoms with Crippen molar-refractivity contribution < 1.29 is 0 Å². The standard InChI is InChI=1S/C27H25N5/c28-22-12-14-31(15-13-22)23-8-9-24-21(16-23)7-11-27(30-24)32-18-29-25-17-20(6-10-26(25)32)19-4-2-1-3-5-19/h1-11,16-18,22H,12-15,28H2. The van der Waals surface area contributed by atoms with Crippen molar-refractivity contribution in [3.05, 3.63) is 85.2 Å². The third-order valence-corrected chi connectivity index (χ3v) is 6.46. The summed E-state index contributed by atoms with van der Waals surface area (Å²) in [5.74, 6) is 0.879. The minimum Gasteiger partial charge on any atom is -0.371 e. The summed E-state index contributed by atoms with van der Waals surface area (Å²) in [6.07, 6.45) is 3.96. The highest BCUT2D eigenvalue weighted by molar-refractivity contribution is 5.86. The Kier molecular flexibility index (Phi) is 4.62. The number of pyridine rings is 1. The van der Waals surface area contributed by atoms with Crippen LogP contribution < -0.4 is 10.6 Å². The number of nitrogens with two attached hydrogens (primary N) is 1. The van der Waals surface area contributed by atoms with Gasteiger partial charge in [-0.3, -0.25) is 4.57 Å². The molecule has 0 atom stereocenters. The smallest absolute Gasteiger partial charge is 0.139 e. The molecule has 32 heavy (non-hydrogen) atoms. The Morgan fingerprint density at radius 2 is 1.62 bits per heavy atom. The van der Waals surface area contributed by atoms with E-state index in [9.17, 15) is 0 Å². The van der Waals surface area contributed by atoms with Gasteiger partial charge >= 0.3 is 0 Å². The molecule has 0 amide bonds. The largest absolute Gasteiger partial charge is 0.371 e.